The minimum absolute atomic E-state index is 0.0792. The number of benzene rings is 1. The van der Waals surface area contributed by atoms with Gasteiger partial charge in [0.15, 0.2) is 11.6 Å². The van der Waals surface area contributed by atoms with Gasteiger partial charge in [-0.05, 0) is 12.1 Å². The van der Waals surface area contributed by atoms with Crippen molar-refractivity contribution in [2.45, 2.75) is 0 Å². The van der Waals surface area contributed by atoms with E-state index in [0.717, 1.165) is 12.1 Å². The van der Waals surface area contributed by atoms with Crippen molar-refractivity contribution in [1.29, 1.82) is 5.26 Å². The van der Waals surface area contributed by atoms with Gasteiger partial charge in [-0.25, -0.2) is 8.78 Å². The monoisotopic (exact) mass is 256 g/mol. The second kappa shape index (κ2) is 6.89. The molecule has 1 aromatic carbocycles. The second-order valence-electron chi connectivity index (χ2n) is 3.60. The first kappa shape index (κ1) is 14.4. The van der Waals surface area contributed by atoms with Crippen LogP contribution in [0.15, 0.2) is 12.1 Å². The first-order chi connectivity index (χ1) is 8.63. The Bertz CT molecular complexity index is 423. The van der Waals surface area contributed by atoms with Crippen LogP contribution in [0.3, 0.4) is 0 Å². The van der Waals surface area contributed by atoms with E-state index >= 15 is 0 Å². The lowest BCUT2D eigenvalue weighted by atomic mass is 10.2. The standard InChI is InChI=1S/C12H14F2N2O2/c1-18-5-3-16(2-4-17)12-10(13)6-9(8-15)7-11(12)14/h6-7,17H,2-5H2,1H3. The van der Waals surface area contributed by atoms with Gasteiger partial charge in [-0.2, -0.15) is 5.26 Å². The number of methoxy groups -OCH3 is 1. The molecule has 0 saturated carbocycles. The molecule has 0 amide bonds. The van der Waals surface area contributed by atoms with Crippen molar-refractivity contribution in [2.75, 3.05) is 38.3 Å². The van der Waals surface area contributed by atoms with E-state index in [9.17, 15) is 8.78 Å². The third-order valence-electron chi connectivity index (χ3n) is 2.40. The minimum atomic E-state index is -0.823. The molecule has 18 heavy (non-hydrogen) atoms. The van der Waals surface area contributed by atoms with E-state index in [1.165, 1.54) is 12.0 Å². The molecule has 0 saturated heterocycles. The van der Waals surface area contributed by atoms with E-state index < -0.39 is 11.6 Å². The molecular formula is C12H14F2N2O2. The summed E-state index contributed by atoms with van der Waals surface area (Å²) in [4.78, 5) is 1.34. The first-order valence-electron chi connectivity index (χ1n) is 5.38. The molecule has 0 fully saturated rings. The zero-order chi connectivity index (χ0) is 13.5. The molecule has 0 heterocycles. The van der Waals surface area contributed by atoms with E-state index in [-0.39, 0.29) is 37.6 Å². The van der Waals surface area contributed by atoms with Gasteiger partial charge in [0, 0.05) is 20.2 Å². The van der Waals surface area contributed by atoms with Crippen LogP contribution in [0.2, 0.25) is 0 Å². The van der Waals surface area contributed by atoms with Crippen LogP contribution >= 0.6 is 0 Å². The maximum atomic E-state index is 13.7. The summed E-state index contributed by atoms with van der Waals surface area (Å²) in [6, 6.07) is 3.61. The Hall–Kier alpha value is -1.71. The Labute approximate surface area is 104 Å². The molecule has 0 aliphatic carbocycles. The van der Waals surface area contributed by atoms with Gasteiger partial charge in [0.25, 0.3) is 0 Å². The van der Waals surface area contributed by atoms with Crippen molar-refractivity contribution in [3.05, 3.63) is 29.3 Å². The fraction of sp³-hybridized carbons (Fsp3) is 0.417. The topological polar surface area (TPSA) is 56.5 Å². The summed E-state index contributed by atoms with van der Waals surface area (Å²) in [7, 11) is 1.47. The normalized spacial score (nSPS) is 10.2. The molecule has 6 heteroatoms. The van der Waals surface area contributed by atoms with Gasteiger partial charge < -0.3 is 14.7 Å². The fourth-order valence-electron chi connectivity index (χ4n) is 1.59. The Morgan fingerprint density at radius 2 is 1.94 bits per heavy atom. The second-order valence-corrected chi connectivity index (χ2v) is 3.60. The highest BCUT2D eigenvalue weighted by Crippen LogP contribution is 2.24. The van der Waals surface area contributed by atoms with E-state index in [2.05, 4.69) is 0 Å². The van der Waals surface area contributed by atoms with E-state index in [4.69, 9.17) is 15.1 Å². The molecule has 1 aromatic rings. The number of hydrogen-bond acceptors (Lipinski definition) is 4. The molecule has 1 rings (SSSR count). The summed E-state index contributed by atoms with van der Waals surface area (Å²) >= 11 is 0. The van der Waals surface area contributed by atoms with Crippen LogP contribution in [0.25, 0.3) is 0 Å². The average molecular weight is 256 g/mol. The number of ether oxygens (including phenoxy) is 1. The van der Waals surface area contributed by atoms with Crippen molar-refractivity contribution in [1.82, 2.24) is 0 Å². The van der Waals surface area contributed by atoms with Gasteiger partial charge in [-0.15, -0.1) is 0 Å². The number of halogens is 2. The highest BCUT2D eigenvalue weighted by atomic mass is 19.1. The van der Waals surface area contributed by atoms with E-state index in [0.29, 0.717) is 0 Å². The predicted molar refractivity (Wildman–Crippen MR) is 62.2 cm³/mol. The maximum Gasteiger partial charge on any atom is 0.150 e. The fourth-order valence-corrected chi connectivity index (χ4v) is 1.59. The van der Waals surface area contributed by atoms with Gasteiger partial charge in [-0.1, -0.05) is 0 Å². The van der Waals surface area contributed by atoms with Crippen LogP contribution in [-0.2, 0) is 4.74 Å². The zero-order valence-corrected chi connectivity index (χ0v) is 9.99. The Morgan fingerprint density at radius 3 is 2.39 bits per heavy atom. The molecule has 1 N–H and O–H groups in total. The quantitative estimate of drug-likeness (QED) is 0.833. The molecule has 0 aliphatic rings. The lowest BCUT2D eigenvalue weighted by Gasteiger charge is -2.24. The smallest absolute Gasteiger partial charge is 0.150 e. The Balaban J connectivity index is 3.07. The number of nitriles is 1. The first-order valence-corrected chi connectivity index (χ1v) is 5.38. The van der Waals surface area contributed by atoms with E-state index in [1.807, 2.05) is 0 Å². The number of aliphatic hydroxyl groups is 1. The van der Waals surface area contributed by atoms with Crippen molar-refractivity contribution in [2.24, 2.45) is 0 Å². The zero-order valence-electron chi connectivity index (χ0n) is 9.99. The summed E-state index contributed by atoms with van der Waals surface area (Å²) in [5.41, 5.74) is -0.329. The van der Waals surface area contributed by atoms with Crippen molar-refractivity contribution < 1.29 is 18.6 Å². The van der Waals surface area contributed by atoms with Crippen LogP contribution in [0, 0.1) is 23.0 Å². The van der Waals surface area contributed by atoms with Gasteiger partial charge >= 0.3 is 0 Å². The number of hydrogen-bond donors (Lipinski definition) is 1. The summed E-state index contributed by atoms with van der Waals surface area (Å²) in [5.74, 6) is -1.65. The Kier molecular flexibility index (Phi) is 5.49. The van der Waals surface area contributed by atoms with Crippen LogP contribution in [0.4, 0.5) is 14.5 Å². The summed E-state index contributed by atoms with van der Waals surface area (Å²) in [6.45, 7) is 0.376. The Morgan fingerprint density at radius 1 is 1.33 bits per heavy atom. The number of anilines is 1. The molecule has 0 aliphatic heterocycles. The maximum absolute atomic E-state index is 13.7. The molecule has 98 valence electrons. The lowest BCUT2D eigenvalue weighted by Crippen LogP contribution is -2.31. The highest BCUT2D eigenvalue weighted by molar-refractivity contribution is 5.52. The largest absolute Gasteiger partial charge is 0.395 e. The number of nitrogens with zero attached hydrogens (tertiary/aromatic N) is 2. The van der Waals surface area contributed by atoms with Gasteiger partial charge in [0.2, 0.25) is 0 Å². The highest BCUT2D eigenvalue weighted by Gasteiger charge is 2.17. The van der Waals surface area contributed by atoms with Crippen molar-refractivity contribution >= 4 is 5.69 Å². The minimum Gasteiger partial charge on any atom is -0.395 e. The van der Waals surface area contributed by atoms with Crippen LogP contribution in [0.1, 0.15) is 5.56 Å². The molecule has 4 nitrogen and oxygen atoms in total. The molecule has 0 atom stereocenters. The SMILES string of the molecule is COCCN(CCO)c1c(F)cc(C#N)cc1F. The van der Waals surface area contributed by atoms with Crippen LogP contribution in [-0.4, -0.2) is 38.5 Å². The van der Waals surface area contributed by atoms with Gasteiger partial charge in [0.1, 0.15) is 5.69 Å². The van der Waals surface area contributed by atoms with Crippen molar-refractivity contribution in [3.8, 4) is 6.07 Å². The molecule has 0 radical (unpaired) electrons. The molecule has 0 spiro atoms. The van der Waals surface area contributed by atoms with Crippen LogP contribution in [0.5, 0.6) is 0 Å². The number of aliphatic hydroxyl groups excluding tert-OH is 1. The third kappa shape index (κ3) is 3.39. The number of rotatable bonds is 6. The summed E-state index contributed by atoms with van der Waals surface area (Å²) in [6.07, 6.45) is 0. The van der Waals surface area contributed by atoms with Gasteiger partial charge in [-0.3, -0.25) is 0 Å². The van der Waals surface area contributed by atoms with Crippen molar-refractivity contribution in [3.63, 3.8) is 0 Å². The third-order valence-corrected chi connectivity index (χ3v) is 2.40. The predicted octanol–water partition coefficient (Wildman–Crippen LogP) is 1.28. The van der Waals surface area contributed by atoms with E-state index in [1.54, 1.807) is 6.07 Å². The average Bonchev–Trinajstić information content (AvgIpc) is 2.34. The summed E-state index contributed by atoms with van der Waals surface area (Å²) in [5, 5.41) is 17.5. The molecule has 0 unspecified atom stereocenters. The molecular weight excluding hydrogens is 242 g/mol. The molecule has 0 bridgehead atoms. The van der Waals surface area contributed by atoms with Crippen LogP contribution < -0.4 is 4.90 Å². The van der Waals surface area contributed by atoms with Gasteiger partial charge in [0.05, 0.1) is 24.8 Å². The molecule has 0 aromatic heterocycles. The lowest BCUT2D eigenvalue weighted by molar-refractivity contribution is 0.202. The summed E-state index contributed by atoms with van der Waals surface area (Å²) < 4.78 is 32.3.